The molecule has 3 N–H and O–H groups in total. The van der Waals surface area contributed by atoms with Gasteiger partial charge in [0.05, 0.1) is 22.0 Å². The minimum Gasteiger partial charge on any atom is -0.356 e. The molecule has 0 bridgehead atoms. The van der Waals surface area contributed by atoms with Crippen LogP contribution < -0.4 is 11.0 Å². The Morgan fingerprint density at radius 3 is 2.00 bits per heavy atom. The number of nitrogens with one attached hydrogen (secondary N) is 3. The Labute approximate surface area is 171 Å². The number of benzene rings is 3. The largest absolute Gasteiger partial charge is 0.356 e. The molecular weight excluding hydrogens is 386 g/mol. The summed E-state index contributed by atoms with van der Waals surface area (Å²) in [6.07, 6.45) is 0.852. The first kappa shape index (κ1) is 17.8. The van der Waals surface area contributed by atoms with Gasteiger partial charge in [-0.2, -0.15) is 0 Å². The number of aromatic amines is 2. The third kappa shape index (κ3) is 3.23. The molecule has 1 unspecified atom stereocenters. The number of hydrogen-bond donors (Lipinski definition) is 3. The zero-order valence-electron chi connectivity index (χ0n) is 15.5. The van der Waals surface area contributed by atoms with Gasteiger partial charge in [-0.3, -0.25) is 4.79 Å². The first-order valence-corrected chi connectivity index (χ1v) is 9.86. The van der Waals surface area contributed by atoms with Crippen molar-refractivity contribution in [2.24, 2.45) is 0 Å². The highest BCUT2D eigenvalue weighted by atomic mass is 35.5. The number of H-pyrrole nitrogens is 2. The van der Waals surface area contributed by atoms with E-state index in [1.54, 1.807) is 6.07 Å². The molecule has 1 aliphatic heterocycles. The van der Waals surface area contributed by atoms with Crippen molar-refractivity contribution < 1.29 is 4.79 Å². The monoisotopic (exact) mass is 403 g/mol. The van der Waals surface area contributed by atoms with Crippen molar-refractivity contribution in [1.82, 2.24) is 15.3 Å². The average molecular weight is 404 g/mol. The number of aromatic nitrogens is 2. The third-order valence-corrected chi connectivity index (χ3v) is 5.81. The molecule has 1 amide bonds. The SMILES string of the molecule is O=C1NCCC1c1ccc(-c2ccc(-c3cc4[nH]c(=O)[nH]c4cc3Cl)cc2)cc1. The number of halogens is 1. The molecule has 144 valence electrons. The number of hydrogen-bond acceptors (Lipinski definition) is 2. The summed E-state index contributed by atoms with van der Waals surface area (Å²) in [6.45, 7) is 0.748. The van der Waals surface area contributed by atoms with Crippen molar-refractivity contribution in [2.45, 2.75) is 12.3 Å². The molecule has 1 aromatic heterocycles. The number of amides is 1. The fraction of sp³-hybridized carbons (Fsp3) is 0.130. The van der Waals surface area contributed by atoms with Crippen molar-refractivity contribution in [3.63, 3.8) is 0 Å². The van der Waals surface area contributed by atoms with Gasteiger partial charge in [-0.05, 0) is 40.8 Å². The molecular formula is C23H18ClN3O2. The van der Waals surface area contributed by atoms with Gasteiger partial charge in [-0.1, -0.05) is 60.1 Å². The highest BCUT2D eigenvalue weighted by molar-refractivity contribution is 6.34. The van der Waals surface area contributed by atoms with Gasteiger partial charge in [0.1, 0.15) is 0 Å². The Hall–Kier alpha value is -3.31. The quantitative estimate of drug-likeness (QED) is 0.472. The van der Waals surface area contributed by atoms with Crippen LogP contribution in [0.5, 0.6) is 0 Å². The van der Waals surface area contributed by atoms with Crippen molar-refractivity contribution in [3.05, 3.63) is 81.7 Å². The van der Waals surface area contributed by atoms with Crippen LogP contribution in [-0.4, -0.2) is 22.4 Å². The maximum atomic E-state index is 11.9. The topological polar surface area (TPSA) is 77.8 Å². The van der Waals surface area contributed by atoms with Gasteiger partial charge in [-0.25, -0.2) is 4.79 Å². The van der Waals surface area contributed by atoms with Crippen LogP contribution in [0.2, 0.25) is 5.02 Å². The molecule has 6 heteroatoms. The van der Waals surface area contributed by atoms with E-state index in [0.717, 1.165) is 46.3 Å². The second-order valence-corrected chi connectivity index (χ2v) is 7.70. The summed E-state index contributed by atoms with van der Waals surface area (Å²) in [5, 5.41) is 3.46. The smallest absolute Gasteiger partial charge is 0.323 e. The summed E-state index contributed by atoms with van der Waals surface area (Å²) in [4.78, 5) is 28.8. The Bertz CT molecular complexity index is 1270. The van der Waals surface area contributed by atoms with E-state index in [0.29, 0.717) is 10.5 Å². The Kier molecular flexibility index (Phi) is 4.25. The molecule has 0 saturated carbocycles. The van der Waals surface area contributed by atoms with Crippen LogP contribution in [0.25, 0.3) is 33.3 Å². The summed E-state index contributed by atoms with van der Waals surface area (Å²) >= 11 is 6.43. The highest BCUT2D eigenvalue weighted by Crippen LogP contribution is 2.33. The van der Waals surface area contributed by atoms with Crippen molar-refractivity contribution in [2.75, 3.05) is 6.54 Å². The van der Waals surface area contributed by atoms with E-state index in [4.69, 9.17) is 11.6 Å². The standard InChI is InChI=1S/C23H18ClN3O2/c24-19-12-21-20(26-23(29)27-21)11-18(19)16-7-3-14(4-8-16)13-1-5-15(6-2-13)17-9-10-25-22(17)28/h1-8,11-12,17H,9-10H2,(H,25,28)(H2,26,27,29). The fourth-order valence-corrected chi connectivity index (χ4v) is 4.21. The Morgan fingerprint density at radius 2 is 1.38 bits per heavy atom. The van der Waals surface area contributed by atoms with Gasteiger partial charge in [0, 0.05) is 12.1 Å². The number of rotatable bonds is 3. The van der Waals surface area contributed by atoms with E-state index in [1.165, 1.54) is 0 Å². The van der Waals surface area contributed by atoms with Gasteiger partial charge in [-0.15, -0.1) is 0 Å². The number of carbonyl (C=O) groups excluding carboxylic acids is 1. The normalized spacial score (nSPS) is 16.3. The number of fused-ring (bicyclic) bond motifs is 1. The molecule has 2 heterocycles. The van der Waals surface area contributed by atoms with Crippen LogP contribution in [0.15, 0.2) is 65.5 Å². The molecule has 5 nitrogen and oxygen atoms in total. The lowest BCUT2D eigenvalue weighted by molar-refractivity contribution is -0.120. The van der Waals surface area contributed by atoms with Crippen LogP contribution in [0.1, 0.15) is 17.9 Å². The highest BCUT2D eigenvalue weighted by Gasteiger charge is 2.25. The predicted molar refractivity (Wildman–Crippen MR) is 115 cm³/mol. The molecule has 1 fully saturated rings. The van der Waals surface area contributed by atoms with Gasteiger partial charge < -0.3 is 15.3 Å². The van der Waals surface area contributed by atoms with Crippen molar-refractivity contribution in [3.8, 4) is 22.3 Å². The van der Waals surface area contributed by atoms with Crippen LogP contribution in [0, 0.1) is 0 Å². The summed E-state index contributed by atoms with van der Waals surface area (Å²) in [6, 6.07) is 20.0. The van der Waals surface area contributed by atoms with E-state index in [1.807, 2.05) is 42.5 Å². The molecule has 3 aromatic carbocycles. The molecule has 5 rings (SSSR count). The van der Waals surface area contributed by atoms with E-state index in [-0.39, 0.29) is 17.5 Å². The van der Waals surface area contributed by atoms with E-state index >= 15 is 0 Å². The van der Waals surface area contributed by atoms with Crippen molar-refractivity contribution in [1.29, 1.82) is 0 Å². The first-order valence-electron chi connectivity index (χ1n) is 9.48. The van der Waals surface area contributed by atoms with Crippen LogP contribution in [0.4, 0.5) is 0 Å². The zero-order valence-corrected chi connectivity index (χ0v) is 16.2. The fourth-order valence-electron chi connectivity index (χ4n) is 3.94. The number of imidazole rings is 1. The molecule has 1 saturated heterocycles. The summed E-state index contributed by atoms with van der Waals surface area (Å²) < 4.78 is 0. The van der Waals surface area contributed by atoms with Crippen LogP contribution >= 0.6 is 11.6 Å². The molecule has 0 aliphatic carbocycles. The molecule has 4 aromatic rings. The third-order valence-electron chi connectivity index (χ3n) is 5.49. The molecule has 0 radical (unpaired) electrons. The number of carbonyl (C=O) groups is 1. The van der Waals surface area contributed by atoms with E-state index in [2.05, 4.69) is 27.4 Å². The second-order valence-electron chi connectivity index (χ2n) is 7.29. The summed E-state index contributed by atoms with van der Waals surface area (Å²) in [5.41, 5.74) is 6.24. The van der Waals surface area contributed by atoms with Crippen molar-refractivity contribution >= 4 is 28.5 Å². The van der Waals surface area contributed by atoms with E-state index in [9.17, 15) is 9.59 Å². The zero-order chi connectivity index (χ0) is 20.0. The summed E-state index contributed by atoms with van der Waals surface area (Å²) in [5.74, 6) is 0.0723. The van der Waals surface area contributed by atoms with Gasteiger partial charge >= 0.3 is 5.69 Å². The summed E-state index contributed by atoms with van der Waals surface area (Å²) in [7, 11) is 0. The Morgan fingerprint density at radius 1 is 0.793 bits per heavy atom. The minimum absolute atomic E-state index is 0.0386. The Balaban J connectivity index is 1.44. The van der Waals surface area contributed by atoms with Crippen LogP contribution in [0.3, 0.4) is 0 Å². The first-order chi connectivity index (χ1) is 14.1. The van der Waals surface area contributed by atoms with Crippen LogP contribution in [-0.2, 0) is 4.79 Å². The molecule has 29 heavy (non-hydrogen) atoms. The molecule has 1 atom stereocenters. The van der Waals surface area contributed by atoms with Gasteiger partial charge in [0.2, 0.25) is 5.91 Å². The van der Waals surface area contributed by atoms with Gasteiger partial charge in [0.25, 0.3) is 0 Å². The second kappa shape index (κ2) is 6.94. The molecule has 0 spiro atoms. The molecule has 1 aliphatic rings. The van der Waals surface area contributed by atoms with Gasteiger partial charge in [0.15, 0.2) is 0 Å². The average Bonchev–Trinajstić information content (AvgIpc) is 3.32. The maximum Gasteiger partial charge on any atom is 0.323 e. The maximum absolute atomic E-state index is 11.9. The lowest BCUT2D eigenvalue weighted by atomic mass is 9.94. The minimum atomic E-state index is -0.248. The lowest BCUT2D eigenvalue weighted by Gasteiger charge is -2.10. The van der Waals surface area contributed by atoms with E-state index < -0.39 is 0 Å². The lowest BCUT2D eigenvalue weighted by Crippen LogP contribution is -2.17. The predicted octanol–water partition coefficient (Wildman–Crippen LogP) is 4.45.